The summed E-state index contributed by atoms with van der Waals surface area (Å²) in [5, 5.41) is 3.19. The Balaban J connectivity index is 1.73. The maximum absolute atomic E-state index is 13.7. The van der Waals surface area contributed by atoms with Gasteiger partial charge >= 0.3 is 6.03 Å². The van der Waals surface area contributed by atoms with Crippen LogP contribution >= 0.6 is 23.2 Å². The van der Waals surface area contributed by atoms with Crippen LogP contribution in [0.5, 0.6) is 0 Å². The van der Waals surface area contributed by atoms with Crippen molar-refractivity contribution in [3.05, 3.63) is 63.6 Å². The summed E-state index contributed by atoms with van der Waals surface area (Å²) in [5.41, 5.74) is 0.258. The molecule has 1 atom stereocenters. The molecule has 2 aromatic rings. The van der Waals surface area contributed by atoms with Crippen LogP contribution in [0.3, 0.4) is 0 Å². The van der Waals surface area contributed by atoms with Gasteiger partial charge in [-0.3, -0.25) is 0 Å². The van der Waals surface area contributed by atoms with Crippen molar-refractivity contribution in [3.8, 4) is 0 Å². The number of anilines is 1. The molecule has 8 heteroatoms. The number of benzene rings is 2. The number of halogens is 4. The van der Waals surface area contributed by atoms with E-state index in [-0.39, 0.29) is 13.2 Å². The lowest BCUT2D eigenvalue weighted by Crippen LogP contribution is -2.44. The summed E-state index contributed by atoms with van der Waals surface area (Å²) in [5.74, 6) is -1.67. The maximum atomic E-state index is 13.7. The highest BCUT2D eigenvalue weighted by Crippen LogP contribution is 2.28. The van der Waals surface area contributed by atoms with Gasteiger partial charge in [-0.2, -0.15) is 0 Å². The second-order valence-corrected chi connectivity index (χ2v) is 6.41. The van der Waals surface area contributed by atoms with Crippen LogP contribution in [-0.4, -0.2) is 30.6 Å². The van der Waals surface area contributed by atoms with Gasteiger partial charge in [-0.25, -0.2) is 13.6 Å². The highest BCUT2D eigenvalue weighted by Gasteiger charge is 2.27. The molecule has 0 aromatic heterocycles. The number of amides is 2. The summed E-state index contributed by atoms with van der Waals surface area (Å²) in [7, 11) is 0. The zero-order valence-electron chi connectivity index (χ0n) is 12.9. The molecule has 25 heavy (non-hydrogen) atoms. The molecular formula is C17H14Cl2F2N2O2. The minimum absolute atomic E-state index is 0.207. The van der Waals surface area contributed by atoms with Crippen LogP contribution in [0.2, 0.25) is 10.0 Å². The first-order valence-corrected chi connectivity index (χ1v) is 8.27. The molecule has 1 aliphatic rings. The number of ether oxygens (including phenoxy) is 1. The molecule has 0 aliphatic carbocycles. The highest BCUT2D eigenvalue weighted by molar-refractivity contribution is 6.34. The van der Waals surface area contributed by atoms with Gasteiger partial charge in [-0.15, -0.1) is 0 Å². The van der Waals surface area contributed by atoms with Crippen molar-refractivity contribution in [1.29, 1.82) is 0 Å². The minimum atomic E-state index is -0.834. The van der Waals surface area contributed by atoms with Gasteiger partial charge in [0.05, 0.1) is 13.2 Å². The SMILES string of the molecule is O=C(Nc1c(F)cccc1F)N1CCOC(c2cc(Cl)cc(Cl)c2)C1. The zero-order valence-corrected chi connectivity index (χ0v) is 14.5. The Morgan fingerprint density at radius 1 is 1.16 bits per heavy atom. The van der Waals surface area contributed by atoms with E-state index in [4.69, 9.17) is 27.9 Å². The number of nitrogens with zero attached hydrogens (tertiary/aromatic N) is 1. The summed E-state index contributed by atoms with van der Waals surface area (Å²) in [6.07, 6.45) is -0.429. The van der Waals surface area contributed by atoms with Crippen molar-refractivity contribution >= 4 is 34.9 Å². The van der Waals surface area contributed by atoms with E-state index in [1.165, 1.54) is 11.0 Å². The van der Waals surface area contributed by atoms with Crippen LogP contribution in [0.25, 0.3) is 0 Å². The fourth-order valence-corrected chi connectivity index (χ4v) is 3.14. The monoisotopic (exact) mass is 386 g/mol. The Morgan fingerprint density at radius 3 is 2.44 bits per heavy atom. The molecule has 1 N–H and O–H groups in total. The summed E-state index contributed by atoms with van der Waals surface area (Å²) in [4.78, 5) is 13.8. The van der Waals surface area contributed by atoms with E-state index in [0.29, 0.717) is 16.6 Å². The standard InChI is InChI=1S/C17H14Cl2F2N2O2/c18-11-6-10(7-12(19)8-11)15-9-23(4-5-25-15)17(24)22-16-13(20)2-1-3-14(16)21/h1-3,6-8,15H,4-5,9H2,(H,22,24). The lowest BCUT2D eigenvalue weighted by molar-refractivity contribution is -0.0135. The minimum Gasteiger partial charge on any atom is -0.370 e. The molecule has 132 valence electrons. The molecule has 1 saturated heterocycles. The molecule has 1 aliphatic heterocycles. The fraction of sp³-hybridized carbons (Fsp3) is 0.235. The molecule has 4 nitrogen and oxygen atoms in total. The van der Waals surface area contributed by atoms with E-state index in [2.05, 4.69) is 5.32 Å². The van der Waals surface area contributed by atoms with Crippen molar-refractivity contribution in [1.82, 2.24) is 4.90 Å². The van der Waals surface area contributed by atoms with Gasteiger partial charge < -0.3 is 15.0 Å². The Morgan fingerprint density at radius 2 is 1.80 bits per heavy atom. The van der Waals surface area contributed by atoms with Gasteiger partial charge in [0.15, 0.2) is 0 Å². The van der Waals surface area contributed by atoms with E-state index in [1.807, 2.05) is 0 Å². The summed E-state index contributed by atoms with van der Waals surface area (Å²) in [6, 6.07) is 7.79. The van der Waals surface area contributed by atoms with E-state index >= 15 is 0 Å². The number of urea groups is 1. The number of hydrogen-bond acceptors (Lipinski definition) is 2. The molecule has 0 radical (unpaired) electrons. The Kier molecular flexibility index (Phi) is 5.42. The van der Waals surface area contributed by atoms with Gasteiger partial charge in [0.1, 0.15) is 23.4 Å². The average molecular weight is 387 g/mol. The first-order valence-electron chi connectivity index (χ1n) is 7.51. The highest BCUT2D eigenvalue weighted by atomic mass is 35.5. The zero-order chi connectivity index (χ0) is 18.0. The number of nitrogens with one attached hydrogen (secondary N) is 1. The average Bonchev–Trinajstić information content (AvgIpc) is 2.57. The van der Waals surface area contributed by atoms with E-state index in [1.54, 1.807) is 18.2 Å². The maximum Gasteiger partial charge on any atom is 0.322 e. The topological polar surface area (TPSA) is 41.6 Å². The van der Waals surface area contributed by atoms with Gasteiger partial charge in [0, 0.05) is 16.6 Å². The smallest absolute Gasteiger partial charge is 0.322 e. The van der Waals surface area contributed by atoms with Crippen LogP contribution < -0.4 is 5.32 Å². The van der Waals surface area contributed by atoms with E-state index in [0.717, 1.165) is 17.7 Å². The Bertz CT molecular complexity index is 764. The normalized spacial score (nSPS) is 17.4. The molecule has 0 saturated carbocycles. The number of hydrogen-bond donors (Lipinski definition) is 1. The quantitative estimate of drug-likeness (QED) is 0.799. The third kappa shape index (κ3) is 4.21. The first-order chi connectivity index (χ1) is 11.9. The molecule has 1 heterocycles. The second-order valence-electron chi connectivity index (χ2n) is 5.54. The number of carbonyl (C=O) groups excluding carboxylic acids is 1. The second kappa shape index (κ2) is 7.56. The van der Waals surface area contributed by atoms with Gasteiger partial charge in [-0.1, -0.05) is 29.3 Å². The number of morpholine rings is 1. The molecular weight excluding hydrogens is 373 g/mol. The third-order valence-electron chi connectivity index (χ3n) is 3.81. The van der Waals surface area contributed by atoms with Crippen LogP contribution in [0, 0.1) is 11.6 Å². The predicted octanol–water partition coefficient (Wildman–Crippen LogP) is 4.88. The van der Waals surface area contributed by atoms with E-state index in [9.17, 15) is 13.6 Å². The lowest BCUT2D eigenvalue weighted by atomic mass is 10.1. The predicted molar refractivity (Wildman–Crippen MR) is 92.1 cm³/mol. The largest absolute Gasteiger partial charge is 0.370 e. The summed E-state index contributed by atoms with van der Waals surface area (Å²) in [6.45, 7) is 0.785. The first kappa shape index (κ1) is 17.9. The molecule has 1 fully saturated rings. The molecule has 1 unspecified atom stereocenters. The van der Waals surface area contributed by atoms with E-state index < -0.39 is 29.5 Å². The van der Waals surface area contributed by atoms with Crippen molar-refractivity contribution < 1.29 is 18.3 Å². The van der Waals surface area contributed by atoms with Crippen molar-refractivity contribution in [2.45, 2.75) is 6.10 Å². The van der Waals surface area contributed by atoms with Gasteiger partial charge in [-0.05, 0) is 35.9 Å². The molecule has 2 amide bonds. The summed E-state index contributed by atoms with van der Waals surface area (Å²) >= 11 is 12.0. The van der Waals surface area contributed by atoms with Crippen LogP contribution in [-0.2, 0) is 4.74 Å². The van der Waals surface area contributed by atoms with Crippen LogP contribution in [0.4, 0.5) is 19.3 Å². The molecule has 0 bridgehead atoms. The number of para-hydroxylation sites is 1. The van der Waals surface area contributed by atoms with Crippen LogP contribution in [0.15, 0.2) is 36.4 Å². The third-order valence-corrected chi connectivity index (χ3v) is 4.24. The van der Waals surface area contributed by atoms with Crippen molar-refractivity contribution in [2.24, 2.45) is 0 Å². The van der Waals surface area contributed by atoms with Gasteiger partial charge in [0.25, 0.3) is 0 Å². The molecule has 0 spiro atoms. The lowest BCUT2D eigenvalue weighted by Gasteiger charge is -2.33. The van der Waals surface area contributed by atoms with Gasteiger partial charge in [0.2, 0.25) is 0 Å². The number of carbonyl (C=O) groups is 1. The fourth-order valence-electron chi connectivity index (χ4n) is 2.60. The molecule has 2 aromatic carbocycles. The van der Waals surface area contributed by atoms with Crippen molar-refractivity contribution in [2.75, 3.05) is 25.0 Å². The van der Waals surface area contributed by atoms with Crippen molar-refractivity contribution in [3.63, 3.8) is 0 Å². The Labute approximate surface area is 153 Å². The number of rotatable bonds is 2. The molecule has 3 rings (SSSR count). The Hall–Kier alpha value is -1.89. The van der Waals surface area contributed by atoms with Crippen LogP contribution in [0.1, 0.15) is 11.7 Å². The summed E-state index contributed by atoms with van der Waals surface area (Å²) < 4.78 is 33.0.